The summed E-state index contributed by atoms with van der Waals surface area (Å²) in [5.41, 5.74) is 0. The number of halogens is 2. The van der Waals surface area contributed by atoms with Crippen LogP contribution < -0.4 is 5.32 Å². The van der Waals surface area contributed by atoms with E-state index in [1.54, 1.807) is 7.05 Å². The molecule has 2 atom stereocenters. The topological polar surface area (TPSA) is 65.0 Å². The van der Waals surface area contributed by atoms with Crippen LogP contribution in [0, 0.1) is 17.8 Å². The minimum Gasteiger partial charge on any atom is -0.356 e. The molecule has 0 aliphatic carbocycles. The monoisotopic (exact) mass is 380 g/mol. The van der Waals surface area contributed by atoms with Crippen LogP contribution in [0.5, 0.6) is 0 Å². The second-order valence-electron chi connectivity index (χ2n) is 7.43. The molecule has 0 bridgehead atoms. The van der Waals surface area contributed by atoms with Gasteiger partial charge in [-0.3, -0.25) is 4.99 Å². The predicted octanol–water partition coefficient (Wildman–Crippen LogP) is 1.80. The summed E-state index contributed by atoms with van der Waals surface area (Å²) in [5, 5.41) is 3.39. The molecule has 1 N–H and O–H groups in total. The van der Waals surface area contributed by atoms with E-state index in [1.165, 1.54) is 6.42 Å². The number of likely N-dealkylation sites (tertiary alicyclic amines) is 1. The molecular formula is C16H30F2N4O2S. The summed E-state index contributed by atoms with van der Waals surface area (Å²) in [6.45, 7) is 7.47. The number of hydrogen-bond acceptors (Lipinski definition) is 3. The molecule has 2 aliphatic heterocycles. The molecule has 9 heteroatoms. The summed E-state index contributed by atoms with van der Waals surface area (Å²) in [6.07, 6.45) is 2.40. The van der Waals surface area contributed by atoms with Crippen LogP contribution >= 0.6 is 0 Å². The number of hydrogen-bond donors (Lipinski definition) is 1. The molecule has 2 saturated heterocycles. The molecule has 0 aromatic rings. The third-order valence-corrected chi connectivity index (χ3v) is 6.62. The Morgan fingerprint density at radius 1 is 1.20 bits per heavy atom. The van der Waals surface area contributed by atoms with Crippen LogP contribution in [0.2, 0.25) is 0 Å². The number of sulfonamides is 1. The fraction of sp³-hybridized carbons (Fsp3) is 0.938. The third-order valence-electron chi connectivity index (χ3n) is 5.09. The summed E-state index contributed by atoms with van der Waals surface area (Å²) < 4.78 is 49.1. The lowest BCUT2D eigenvalue weighted by atomic mass is 9.92. The molecule has 2 heterocycles. The SMILES string of the molecule is CN=C(NCC1CCN(S(=O)(=O)C(F)F)CC1)N1CC(C)CC(C)C1. The summed E-state index contributed by atoms with van der Waals surface area (Å²) in [6, 6.07) is 0. The Morgan fingerprint density at radius 2 is 1.76 bits per heavy atom. The summed E-state index contributed by atoms with van der Waals surface area (Å²) in [5.74, 6) is -0.930. The molecule has 0 spiro atoms. The van der Waals surface area contributed by atoms with Gasteiger partial charge in [-0.25, -0.2) is 8.42 Å². The van der Waals surface area contributed by atoms with Crippen LogP contribution in [0.1, 0.15) is 33.1 Å². The first-order valence-corrected chi connectivity index (χ1v) is 10.5. The molecule has 6 nitrogen and oxygen atoms in total. The molecule has 0 radical (unpaired) electrons. The molecule has 0 amide bonds. The van der Waals surface area contributed by atoms with Crippen LogP contribution in [0.4, 0.5) is 8.78 Å². The standard InChI is InChI=1S/C16H30F2N4O2S/c1-12-8-13(2)11-21(10-12)16(19-3)20-9-14-4-6-22(7-5-14)25(23,24)15(17)18/h12-15H,4-11H2,1-3H3,(H,19,20). The number of nitrogens with one attached hydrogen (secondary N) is 1. The zero-order valence-corrected chi connectivity index (χ0v) is 16.1. The molecule has 25 heavy (non-hydrogen) atoms. The summed E-state index contributed by atoms with van der Waals surface area (Å²) in [7, 11) is -2.67. The Labute approximate surface area is 149 Å². The van der Waals surface area contributed by atoms with Crippen LogP contribution in [0.3, 0.4) is 0 Å². The Balaban J connectivity index is 1.82. The fourth-order valence-corrected chi connectivity index (χ4v) is 4.83. The molecule has 0 aromatic carbocycles. The summed E-state index contributed by atoms with van der Waals surface area (Å²) >= 11 is 0. The quantitative estimate of drug-likeness (QED) is 0.597. The first kappa shape index (κ1) is 20.4. The van der Waals surface area contributed by atoms with Gasteiger partial charge in [-0.15, -0.1) is 0 Å². The van der Waals surface area contributed by atoms with Crippen LogP contribution in [0.25, 0.3) is 0 Å². The van der Waals surface area contributed by atoms with E-state index in [0.29, 0.717) is 31.2 Å². The van der Waals surface area contributed by atoms with Gasteiger partial charge in [0.1, 0.15) is 0 Å². The van der Waals surface area contributed by atoms with Crippen molar-refractivity contribution in [3.63, 3.8) is 0 Å². The van der Waals surface area contributed by atoms with Crippen molar-refractivity contribution < 1.29 is 17.2 Å². The van der Waals surface area contributed by atoms with E-state index >= 15 is 0 Å². The van der Waals surface area contributed by atoms with Crippen molar-refractivity contribution in [1.29, 1.82) is 0 Å². The molecule has 146 valence electrons. The van der Waals surface area contributed by atoms with Crippen molar-refractivity contribution in [2.75, 3.05) is 39.8 Å². The minimum atomic E-state index is -4.44. The van der Waals surface area contributed by atoms with Gasteiger partial charge in [0, 0.05) is 39.8 Å². The molecule has 2 fully saturated rings. The molecule has 2 unspecified atom stereocenters. The van der Waals surface area contributed by atoms with Gasteiger partial charge in [-0.05, 0) is 37.0 Å². The zero-order valence-electron chi connectivity index (χ0n) is 15.3. The number of guanidine groups is 1. The second kappa shape index (κ2) is 8.62. The lowest BCUT2D eigenvalue weighted by Crippen LogP contribution is -2.50. The third kappa shape index (κ3) is 5.26. The van der Waals surface area contributed by atoms with Gasteiger partial charge in [0.15, 0.2) is 5.96 Å². The Morgan fingerprint density at radius 3 is 2.24 bits per heavy atom. The molecule has 0 saturated carbocycles. The van der Waals surface area contributed by atoms with Crippen LogP contribution in [-0.4, -0.2) is 69.1 Å². The average molecular weight is 381 g/mol. The van der Waals surface area contributed by atoms with Gasteiger partial charge in [0.05, 0.1) is 0 Å². The first-order valence-electron chi connectivity index (χ1n) is 8.96. The number of piperidine rings is 2. The van der Waals surface area contributed by atoms with Gasteiger partial charge >= 0.3 is 5.76 Å². The van der Waals surface area contributed by atoms with Crippen molar-refractivity contribution >= 4 is 16.0 Å². The average Bonchev–Trinajstić information content (AvgIpc) is 2.55. The van der Waals surface area contributed by atoms with E-state index in [1.807, 2.05) is 0 Å². The molecule has 2 rings (SSSR count). The van der Waals surface area contributed by atoms with Crippen molar-refractivity contribution in [2.45, 2.75) is 38.9 Å². The normalized spacial score (nSPS) is 27.8. The minimum absolute atomic E-state index is 0.162. The van der Waals surface area contributed by atoms with E-state index in [4.69, 9.17) is 0 Å². The van der Waals surface area contributed by atoms with Gasteiger partial charge in [0.25, 0.3) is 10.0 Å². The molecule has 2 aliphatic rings. The van der Waals surface area contributed by atoms with Crippen LogP contribution in [0.15, 0.2) is 4.99 Å². The molecule has 0 aromatic heterocycles. The summed E-state index contributed by atoms with van der Waals surface area (Å²) in [4.78, 5) is 6.64. The number of nitrogens with zero attached hydrogens (tertiary/aromatic N) is 3. The van der Waals surface area contributed by atoms with Crippen molar-refractivity contribution in [3.8, 4) is 0 Å². The van der Waals surface area contributed by atoms with Crippen molar-refractivity contribution in [3.05, 3.63) is 0 Å². The Hall–Kier alpha value is -0.960. The van der Waals surface area contributed by atoms with E-state index < -0.39 is 15.8 Å². The maximum Gasteiger partial charge on any atom is 0.350 e. The van der Waals surface area contributed by atoms with Gasteiger partial charge in [0.2, 0.25) is 0 Å². The highest BCUT2D eigenvalue weighted by molar-refractivity contribution is 7.89. The van der Waals surface area contributed by atoms with E-state index in [9.17, 15) is 17.2 Å². The predicted molar refractivity (Wildman–Crippen MR) is 95.1 cm³/mol. The highest BCUT2D eigenvalue weighted by Crippen LogP contribution is 2.23. The van der Waals surface area contributed by atoms with E-state index in [-0.39, 0.29) is 19.0 Å². The lowest BCUT2D eigenvalue weighted by molar-refractivity contribution is 0.199. The van der Waals surface area contributed by atoms with Crippen molar-refractivity contribution in [2.24, 2.45) is 22.7 Å². The van der Waals surface area contributed by atoms with Gasteiger partial charge in [-0.1, -0.05) is 13.8 Å². The van der Waals surface area contributed by atoms with Crippen molar-refractivity contribution in [1.82, 2.24) is 14.5 Å². The second-order valence-corrected chi connectivity index (χ2v) is 9.33. The zero-order chi connectivity index (χ0) is 18.6. The number of rotatable bonds is 4. The lowest BCUT2D eigenvalue weighted by Gasteiger charge is -2.38. The Kier molecular flexibility index (Phi) is 7.01. The van der Waals surface area contributed by atoms with E-state index in [0.717, 1.165) is 23.4 Å². The number of alkyl halides is 2. The maximum atomic E-state index is 12.6. The fourth-order valence-electron chi connectivity index (χ4n) is 3.88. The molecular weight excluding hydrogens is 350 g/mol. The van der Waals surface area contributed by atoms with Gasteiger partial charge < -0.3 is 10.2 Å². The maximum absolute atomic E-state index is 12.6. The number of aliphatic imine (C=N–C) groups is 1. The smallest absolute Gasteiger partial charge is 0.350 e. The van der Waals surface area contributed by atoms with E-state index in [2.05, 4.69) is 29.1 Å². The highest BCUT2D eigenvalue weighted by Gasteiger charge is 2.34. The largest absolute Gasteiger partial charge is 0.356 e. The Bertz CT molecular complexity index is 552. The first-order chi connectivity index (χ1) is 11.7. The highest BCUT2D eigenvalue weighted by atomic mass is 32.2. The van der Waals surface area contributed by atoms with Crippen LogP contribution in [-0.2, 0) is 10.0 Å². The van der Waals surface area contributed by atoms with Gasteiger partial charge in [-0.2, -0.15) is 13.1 Å².